The van der Waals surface area contributed by atoms with Crippen molar-refractivity contribution in [2.45, 2.75) is 38.0 Å². The lowest BCUT2D eigenvalue weighted by Crippen LogP contribution is -2.40. The highest BCUT2D eigenvalue weighted by Gasteiger charge is 2.38. The highest BCUT2D eigenvalue weighted by atomic mass is 35.5. The molecule has 0 spiro atoms. The van der Waals surface area contributed by atoms with Gasteiger partial charge in [0.1, 0.15) is 0 Å². The molecule has 2 amide bonds. The smallest absolute Gasteiger partial charge is 0.232 e. The van der Waals surface area contributed by atoms with Gasteiger partial charge in [-0.1, -0.05) is 17.7 Å². The molecule has 0 saturated carbocycles. The van der Waals surface area contributed by atoms with E-state index in [1.807, 2.05) is 23.1 Å². The zero-order chi connectivity index (χ0) is 18.1. The Morgan fingerprint density at radius 1 is 1.22 bits per heavy atom. The van der Waals surface area contributed by atoms with Crippen LogP contribution >= 0.6 is 24.0 Å². The highest BCUT2D eigenvalue weighted by molar-refractivity contribution is 6.31. The minimum Gasteiger partial charge on any atom is -0.343 e. The second kappa shape index (κ2) is 8.80. The second-order valence-corrected chi connectivity index (χ2v) is 8.25. The average Bonchev–Trinajstić information content (AvgIpc) is 3.26. The summed E-state index contributed by atoms with van der Waals surface area (Å²) in [6.45, 7) is 3.66. The fourth-order valence-corrected chi connectivity index (χ4v) is 4.83. The Labute approximate surface area is 171 Å². The molecule has 2 atom stereocenters. The first kappa shape index (κ1) is 20.4. The largest absolute Gasteiger partial charge is 0.343 e. The fraction of sp³-hybridized carbons (Fsp3) is 0.600. The van der Waals surface area contributed by atoms with Gasteiger partial charge in [-0.25, -0.2) is 0 Å². The summed E-state index contributed by atoms with van der Waals surface area (Å²) in [6, 6.07) is 5.64. The van der Waals surface area contributed by atoms with Crippen LogP contribution in [0.15, 0.2) is 18.2 Å². The predicted molar refractivity (Wildman–Crippen MR) is 110 cm³/mol. The quantitative estimate of drug-likeness (QED) is 0.797. The summed E-state index contributed by atoms with van der Waals surface area (Å²) in [5, 5.41) is 6.96. The number of carbonyl (C=O) groups excluding carboxylic acids is 2. The minimum atomic E-state index is -0.107. The molecule has 1 aromatic carbocycles. The number of benzene rings is 1. The zero-order valence-corrected chi connectivity index (χ0v) is 17.0. The Morgan fingerprint density at radius 2 is 2.00 bits per heavy atom. The van der Waals surface area contributed by atoms with E-state index in [1.54, 1.807) is 0 Å². The molecule has 2 saturated heterocycles. The van der Waals surface area contributed by atoms with Gasteiger partial charge in [-0.2, -0.15) is 0 Å². The van der Waals surface area contributed by atoms with E-state index in [0.29, 0.717) is 23.3 Å². The van der Waals surface area contributed by atoms with Crippen LogP contribution in [0, 0.1) is 11.8 Å². The number of nitrogens with one attached hydrogen (secondary N) is 2. The van der Waals surface area contributed by atoms with Crippen molar-refractivity contribution in [3.8, 4) is 0 Å². The molecule has 2 unspecified atom stereocenters. The third-order valence-electron chi connectivity index (χ3n) is 6.18. The Kier molecular flexibility index (Phi) is 6.66. The van der Waals surface area contributed by atoms with Gasteiger partial charge >= 0.3 is 0 Å². The van der Waals surface area contributed by atoms with Crippen LogP contribution in [0.4, 0.5) is 5.69 Å². The summed E-state index contributed by atoms with van der Waals surface area (Å²) < 4.78 is 0. The number of piperidine rings is 1. The van der Waals surface area contributed by atoms with E-state index < -0.39 is 0 Å². The molecule has 3 aliphatic heterocycles. The van der Waals surface area contributed by atoms with Gasteiger partial charge in [0.15, 0.2) is 0 Å². The number of fused-ring (bicyclic) bond motifs is 1. The van der Waals surface area contributed by atoms with Crippen LogP contribution in [0.2, 0.25) is 5.02 Å². The molecule has 4 rings (SSSR count). The molecule has 3 aliphatic rings. The SMILES string of the molecule is Cl.O=C1Nc2cc(Cl)ccc2C1C1CCN(C(=O)CCC2CCNC2)CC1. The Balaban J connectivity index is 0.00000210. The summed E-state index contributed by atoms with van der Waals surface area (Å²) in [7, 11) is 0. The normalized spacial score (nSPS) is 25.1. The van der Waals surface area contributed by atoms with Gasteiger partial charge in [0, 0.05) is 30.2 Å². The van der Waals surface area contributed by atoms with Crippen LogP contribution in [-0.2, 0) is 9.59 Å². The molecule has 0 radical (unpaired) electrons. The lowest BCUT2D eigenvalue weighted by molar-refractivity contribution is -0.133. The van der Waals surface area contributed by atoms with Gasteiger partial charge in [-0.15, -0.1) is 12.4 Å². The average molecular weight is 412 g/mol. The summed E-state index contributed by atoms with van der Waals surface area (Å²) in [5.41, 5.74) is 1.90. The van der Waals surface area contributed by atoms with Crippen LogP contribution in [0.1, 0.15) is 43.6 Å². The highest BCUT2D eigenvalue weighted by Crippen LogP contribution is 2.42. The minimum absolute atomic E-state index is 0. The predicted octanol–water partition coefficient (Wildman–Crippen LogP) is 3.43. The van der Waals surface area contributed by atoms with E-state index in [1.165, 1.54) is 6.42 Å². The molecular formula is C20H27Cl2N3O2. The van der Waals surface area contributed by atoms with Gasteiger partial charge in [0.25, 0.3) is 0 Å². The van der Waals surface area contributed by atoms with Crippen molar-refractivity contribution in [1.29, 1.82) is 0 Å². The molecule has 2 fully saturated rings. The molecule has 2 N–H and O–H groups in total. The van der Waals surface area contributed by atoms with Crippen molar-refractivity contribution in [2.75, 3.05) is 31.5 Å². The maximum atomic E-state index is 12.5. The van der Waals surface area contributed by atoms with E-state index in [-0.39, 0.29) is 30.1 Å². The first-order chi connectivity index (χ1) is 12.6. The van der Waals surface area contributed by atoms with Crippen LogP contribution in [0.25, 0.3) is 0 Å². The molecule has 148 valence electrons. The summed E-state index contributed by atoms with van der Waals surface area (Å²) in [4.78, 5) is 27.0. The second-order valence-electron chi connectivity index (χ2n) is 7.81. The number of nitrogens with zero attached hydrogens (tertiary/aromatic N) is 1. The standard InChI is InChI=1S/C20H26ClN3O2.ClH/c21-15-2-3-16-17(11-15)23-20(26)19(16)14-6-9-24(10-7-14)18(25)4-1-13-5-8-22-12-13;/h2-3,11,13-14,19,22H,1,4-10,12H2,(H,23,26);1H. The number of anilines is 1. The number of likely N-dealkylation sites (tertiary alicyclic amines) is 1. The van der Waals surface area contributed by atoms with Crippen LogP contribution in [0.3, 0.4) is 0 Å². The van der Waals surface area contributed by atoms with Crippen molar-refractivity contribution in [1.82, 2.24) is 10.2 Å². The van der Waals surface area contributed by atoms with Crippen LogP contribution < -0.4 is 10.6 Å². The monoisotopic (exact) mass is 411 g/mol. The van der Waals surface area contributed by atoms with Gasteiger partial charge in [-0.05, 0) is 68.3 Å². The third-order valence-corrected chi connectivity index (χ3v) is 6.42. The first-order valence-electron chi connectivity index (χ1n) is 9.70. The molecule has 27 heavy (non-hydrogen) atoms. The number of hydrogen-bond donors (Lipinski definition) is 2. The molecule has 7 heteroatoms. The molecule has 0 aliphatic carbocycles. The van der Waals surface area contributed by atoms with Crippen molar-refractivity contribution >= 4 is 41.5 Å². The Morgan fingerprint density at radius 3 is 2.70 bits per heavy atom. The van der Waals surface area contributed by atoms with E-state index in [9.17, 15) is 9.59 Å². The molecular weight excluding hydrogens is 385 g/mol. The topological polar surface area (TPSA) is 61.4 Å². The summed E-state index contributed by atoms with van der Waals surface area (Å²) in [6.07, 6.45) is 4.61. The summed E-state index contributed by atoms with van der Waals surface area (Å²) >= 11 is 6.04. The zero-order valence-electron chi connectivity index (χ0n) is 15.4. The van der Waals surface area contributed by atoms with E-state index in [4.69, 9.17) is 11.6 Å². The Bertz CT molecular complexity index is 698. The maximum absolute atomic E-state index is 12.5. The van der Waals surface area contributed by atoms with Gasteiger partial charge < -0.3 is 15.5 Å². The summed E-state index contributed by atoms with van der Waals surface area (Å²) in [5.74, 6) is 1.19. The van der Waals surface area contributed by atoms with E-state index in [2.05, 4.69) is 10.6 Å². The maximum Gasteiger partial charge on any atom is 0.232 e. The van der Waals surface area contributed by atoms with Crippen LogP contribution in [-0.4, -0.2) is 42.9 Å². The number of rotatable bonds is 4. The number of halogens is 2. The van der Waals surface area contributed by atoms with Gasteiger partial charge in [0.2, 0.25) is 11.8 Å². The molecule has 0 aromatic heterocycles. The van der Waals surface area contributed by atoms with Gasteiger partial charge in [-0.3, -0.25) is 9.59 Å². The van der Waals surface area contributed by atoms with Crippen molar-refractivity contribution in [3.05, 3.63) is 28.8 Å². The van der Waals surface area contributed by atoms with Crippen LogP contribution in [0.5, 0.6) is 0 Å². The molecule has 5 nitrogen and oxygen atoms in total. The first-order valence-corrected chi connectivity index (χ1v) is 10.1. The number of carbonyl (C=O) groups is 2. The number of hydrogen-bond acceptors (Lipinski definition) is 3. The van der Waals surface area contributed by atoms with E-state index in [0.717, 1.165) is 56.7 Å². The molecule has 0 bridgehead atoms. The molecule has 1 aromatic rings. The number of amides is 2. The van der Waals surface area contributed by atoms with Crippen molar-refractivity contribution in [3.63, 3.8) is 0 Å². The third kappa shape index (κ3) is 4.41. The lowest BCUT2D eigenvalue weighted by Gasteiger charge is -2.34. The Hall–Kier alpha value is -1.30. The molecule has 3 heterocycles. The van der Waals surface area contributed by atoms with Gasteiger partial charge in [0.05, 0.1) is 5.92 Å². The lowest BCUT2D eigenvalue weighted by atomic mass is 9.80. The van der Waals surface area contributed by atoms with Crippen molar-refractivity contribution < 1.29 is 9.59 Å². The van der Waals surface area contributed by atoms with Crippen molar-refractivity contribution in [2.24, 2.45) is 11.8 Å². The van der Waals surface area contributed by atoms with E-state index >= 15 is 0 Å². The fourth-order valence-electron chi connectivity index (χ4n) is 4.66.